The van der Waals surface area contributed by atoms with Gasteiger partial charge in [0.15, 0.2) is 12.0 Å². The lowest BCUT2D eigenvalue weighted by molar-refractivity contribution is 0.111. The van der Waals surface area contributed by atoms with Gasteiger partial charge in [-0.25, -0.2) is 0 Å². The first kappa shape index (κ1) is 9.39. The lowest BCUT2D eigenvalue weighted by Gasteiger charge is -1.97. The molecule has 0 N–H and O–H groups in total. The van der Waals surface area contributed by atoms with Crippen LogP contribution in [0.4, 0.5) is 0 Å². The van der Waals surface area contributed by atoms with Crippen LogP contribution in [0.5, 0.6) is 0 Å². The first-order valence-corrected chi connectivity index (χ1v) is 4.29. The highest BCUT2D eigenvalue weighted by molar-refractivity contribution is 5.74. The standard InChI is InChI=1S/C10H8N2O3/c1-12-3-2-7(4-10(12)14)9-5-8(6-13)11-15-9/h2-6H,1H3. The Kier molecular flexibility index (Phi) is 2.21. The number of aldehydes is 1. The molecule has 2 aromatic heterocycles. The molecule has 0 aliphatic carbocycles. The Balaban J connectivity index is 2.49. The molecule has 2 heterocycles. The molecule has 0 aromatic carbocycles. The second-order valence-corrected chi connectivity index (χ2v) is 3.10. The molecule has 0 atom stereocenters. The van der Waals surface area contributed by atoms with Crippen LogP contribution in [0.2, 0.25) is 0 Å². The molecule has 5 nitrogen and oxygen atoms in total. The van der Waals surface area contributed by atoms with E-state index in [9.17, 15) is 9.59 Å². The number of carbonyl (C=O) groups excluding carboxylic acids is 1. The normalized spacial score (nSPS) is 10.2. The van der Waals surface area contributed by atoms with Crippen LogP contribution in [0.25, 0.3) is 11.3 Å². The summed E-state index contributed by atoms with van der Waals surface area (Å²) < 4.78 is 6.35. The Morgan fingerprint density at radius 1 is 1.47 bits per heavy atom. The van der Waals surface area contributed by atoms with Gasteiger partial charge in [0.2, 0.25) is 0 Å². The molecule has 0 aliphatic heterocycles. The zero-order chi connectivity index (χ0) is 10.8. The van der Waals surface area contributed by atoms with E-state index in [1.165, 1.54) is 16.7 Å². The summed E-state index contributed by atoms with van der Waals surface area (Å²) in [6.07, 6.45) is 2.22. The van der Waals surface area contributed by atoms with Gasteiger partial charge in [-0.05, 0) is 6.07 Å². The van der Waals surface area contributed by atoms with Crippen LogP contribution >= 0.6 is 0 Å². The lowest BCUT2D eigenvalue weighted by atomic mass is 10.2. The number of hydrogen-bond acceptors (Lipinski definition) is 4. The predicted molar refractivity (Wildman–Crippen MR) is 52.6 cm³/mol. The Bertz CT molecular complexity index is 554. The summed E-state index contributed by atoms with van der Waals surface area (Å²) in [7, 11) is 1.66. The highest BCUT2D eigenvalue weighted by atomic mass is 16.5. The first-order chi connectivity index (χ1) is 7.20. The van der Waals surface area contributed by atoms with Crippen molar-refractivity contribution in [2.24, 2.45) is 7.05 Å². The van der Waals surface area contributed by atoms with E-state index in [1.54, 1.807) is 19.3 Å². The highest BCUT2D eigenvalue weighted by Crippen LogP contribution is 2.17. The Morgan fingerprint density at radius 2 is 2.27 bits per heavy atom. The van der Waals surface area contributed by atoms with Crippen LogP contribution < -0.4 is 5.56 Å². The van der Waals surface area contributed by atoms with Gasteiger partial charge in [-0.2, -0.15) is 0 Å². The van der Waals surface area contributed by atoms with Gasteiger partial charge in [-0.1, -0.05) is 5.16 Å². The maximum absolute atomic E-state index is 11.3. The van der Waals surface area contributed by atoms with Crippen molar-refractivity contribution in [2.75, 3.05) is 0 Å². The van der Waals surface area contributed by atoms with E-state index in [0.29, 0.717) is 17.6 Å². The number of carbonyl (C=O) groups is 1. The molecular formula is C10H8N2O3. The summed E-state index contributed by atoms with van der Waals surface area (Å²) >= 11 is 0. The van der Waals surface area contributed by atoms with E-state index in [-0.39, 0.29) is 11.3 Å². The zero-order valence-corrected chi connectivity index (χ0v) is 8.01. The Labute approximate surface area is 84.9 Å². The van der Waals surface area contributed by atoms with Crippen LogP contribution in [-0.4, -0.2) is 16.0 Å². The molecule has 0 spiro atoms. The molecule has 76 valence electrons. The maximum atomic E-state index is 11.3. The van der Waals surface area contributed by atoms with Gasteiger partial charge in [0, 0.05) is 30.9 Å². The van der Waals surface area contributed by atoms with Crippen molar-refractivity contribution in [3.05, 3.63) is 40.4 Å². The molecule has 5 heteroatoms. The van der Waals surface area contributed by atoms with E-state index < -0.39 is 0 Å². The maximum Gasteiger partial charge on any atom is 0.250 e. The van der Waals surface area contributed by atoms with Gasteiger partial charge < -0.3 is 9.09 Å². The number of aryl methyl sites for hydroxylation is 1. The quantitative estimate of drug-likeness (QED) is 0.680. The van der Waals surface area contributed by atoms with Crippen molar-refractivity contribution in [1.29, 1.82) is 0 Å². The predicted octanol–water partition coefficient (Wildman–Crippen LogP) is 0.853. The molecule has 0 saturated heterocycles. The SMILES string of the molecule is Cn1ccc(-c2cc(C=O)no2)cc1=O. The molecule has 2 rings (SSSR count). The summed E-state index contributed by atoms with van der Waals surface area (Å²) in [4.78, 5) is 21.7. The van der Waals surface area contributed by atoms with E-state index in [0.717, 1.165) is 0 Å². The van der Waals surface area contributed by atoms with Gasteiger partial charge in [0.25, 0.3) is 5.56 Å². The summed E-state index contributed by atoms with van der Waals surface area (Å²) in [5.41, 5.74) is 0.681. The smallest absolute Gasteiger partial charge is 0.250 e. The number of rotatable bonds is 2. The third-order valence-corrected chi connectivity index (χ3v) is 2.04. The minimum Gasteiger partial charge on any atom is -0.356 e. The van der Waals surface area contributed by atoms with E-state index >= 15 is 0 Å². The van der Waals surface area contributed by atoms with Crippen molar-refractivity contribution in [2.45, 2.75) is 0 Å². The molecule has 0 unspecified atom stereocenters. The third-order valence-electron chi connectivity index (χ3n) is 2.04. The van der Waals surface area contributed by atoms with Crippen LogP contribution in [0, 0.1) is 0 Å². The molecule has 0 bridgehead atoms. The summed E-state index contributed by atoms with van der Waals surface area (Å²) in [6.45, 7) is 0. The van der Waals surface area contributed by atoms with Gasteiger partial charge in [-0.15, -0.1) is 0 Å². The van der Waals surface area contributed by atoms with Crippen LogP contribution in [0.15, 0.2) is 33.7 Å². The molecule has 15 heavy (non-hydrogen) atoms. The monoisotopic (exact) mass is 204 g/mol. The van der Waals surface area contributed by atoms with Gasteiger partial charge in [0.1, 0.15) is 5.69 Å². The number of aromatic nitrogens is 2. The van der Waals surface area contributed by atoms with Crippen LogP contribution in [-0.2, 0) is 7.05 Å². The third kappa shape index (κ3) is 1.71. The molecule has 0 amide bonds. The summed E-state index contributed by atoms with van der Waals surface area (Å²) in [5.74, 6) is 0.412. The minimum absolute atomic E-state index is 0.142. The largest absolute Gasteiger partial charge is 0.356 e. The Hall–Kier alpha value is -2.17. The Morgan fingerprint density at radius 3 is 2.87 bits per heavy atom. The fraction of sp³-hybridized carbons (Fsp3) is 0.100. The van der Waals surface area contributed by atoms with Crippen LogP contribution in [0.1, 0.15) is 10.5 Å². The average Bonchev–Trinajstić information content (AvgIpc) is 2.70. The summed E-state index contributed by atoms with van der Waals surface area (Å²) in [5, 5.41) is 3.51. The highest BCUT2D eigenvalue weighted by Gasteiger charge is 2.06. The van der Waals surface area contributed by atoms with Gasteiger partial charge in [-0.3, -0.25) is 9.59 Å². The van der Waals surface area contributed by atoms with Gasteiger partial charge in [0.05, 0.1) is 0 Å². The molecule has 0 saturated carbocycles. The second-order valence-electron chi connectivity index (χ2n) is 3.10. The van der Waals surface area contributed by atoms with Gasteiger partial charge >= 0.3 is 0 Å². The minimum atomic E-state index is -0.142. The van der Waals surface area contributed by atoms with Crippen molar-refractivity contribution in [3.8, 4) is 11.3 Å². The van der Waals surface area contributed by atoms with E-state index in [2.05, 4.69) is 5.16 Å². The van der Waals surface area contributed by atoms with E-state index in [1.807, 2.05) is 0 Å². The molecule has 2 aromatic rings. The topological polar surface area (TPSA) is 65.1 Å². The zero-order valence-electron chi connectivity index (χ0n) is 8.01. The lowest BCUT2D eigenvalue weighted by Crippen LogP contribution is -2.13. The first-order valence-electron chi connectivity index (χ1n) is 4.29. The molecule has 0 aliphatic rings. The fourth-order valence-corrected chi connectivity index (χ4v) is 1.18. The number of nitrogens with zero attached hydrogens (tertiary/aromatic N) is 2. The average molecular weight is 204 g/mol. The molecule has 0 radical (unpaired) electrons. The summed E-state index contributed by atoms with van der Waals surface area (Å²) in [6, 6.07) is 4.63. The van der Waals surface area contributed by atoms with E-state index in [4.69, 9.17) is 4.52 Å². The fourth-order valence-electron chi connectivity index (χ4n) is 1.18. The van der Waals surface area contributed by atoms with Crippen LogP contribution in [0.3, 0.4) is 0 Å². The van der Waals surface area contributed by atoms with Crippen molar-refractivity contribution in [1.82, 2.24) is 9.72 Å². The van der Waals surface area contributed by atoms with Crippen molar-refractivity contribution >= 4 is 6.29 Å². The van der Waals surface area contributed by atoms with Crippen molar-refractivity contribution in [3.63, 3.8) is 0 Å². The molecular weight excluding hydrogens is 196 g/mol. The molecule has 0 fully saturated rings. The number of pyridine rings is 1. The second kappa shape index (κ2) is 3.53. The van der Waals surface area contributed by atoms with Crippen molar-refractivity contribution < 1.29 is 9.32 Å². The number of hydrogen-bond donors (Lipinski definition) is 0.